The molecule has 3 atom stereocenters. The molecule has 1 saturated heterocycles. The molecule has 2 nitrogen and oxygen atoms in total. The molecular formula is C15H21Br2NO. The summed E-state index contributed by atoms with van der Waals surface area (Å²) in [4.78, 5) is 0. The normalized spacial score (nSPS) is 24.6. The van der Waals surface area contributed by atoms with E-state index in [1.807, 2.05) is 0 Å². The SMILES string of the molecule is CCCNC(c1cc(Br)ccc1Br)C1OCCC1C. The number of benzene rings is 1. The van der Waals surface area contributed by atoms with Crippen LogP contribution in [-0.2, 0) is 4.74 Å². The zero-order valence-electron chi connectivity index (χ0n) is 11.5. The number of hydrogen-bond acceptors (Lipinski definition) is 2. The van der Waals surface area contributed by atoms with E-state index in [4.69, 9.17) is 4.74 Å². The zero-order chi connectivity index (χ0) is 13.8. The van der Waals surface area contributed by atoms with Crippen molar-refractivity contribution in [1.29, 1.82) is 0 Å². The summed E-state index contributed by atoms with van der Waals surface area (Å²) >= 11 is 7.24. The topological polar surface area (TPSA) is 21.3 Å². The third-order valence-corrected chi connectivity index (χ3v) is 4.90. The Hall–Kier alpha value is 0.1000. The highest BCUT2D eigenvalue weighted by atomic mass is 79.9. The third kappa shape index (κ3) is 3.81. The van der Waals surface area contributed by atoms with Crippen LogP contribution in [0.15, 0.2) is 27.1 Å². The summed E-state index contributed by atoms with van der Waals surface area (Å²) < 4.78 is 8.23. The molecule has 1 aliphatic rings. The van der Waals surface area contributed by atoms with Gasteiger partial charge in [-0.15, -0.1) is 0 Å². The van der Waals surface area contributed by atoms with E-state index in [2.05, 4.69) is 69.2 Å². The van der Waals surface area contributed by atoms with Crippen molar-refractivity contribution in [3.8, 4) is 0 Å². The van der Waals surface area contributed by atoms with Crippen LogP contribution in [0.5, 0.6) is 0 Å². The van der Waals surface area contributed by atoms with Gasteiger partial charge in [-0.2, -0.15) is 0 Å². The standard InChI is InChI=1S/C15H21Br2NO/c1-3-7-18-14(15-10(2)6-8-19-15)12-9-11(16)4-5-13(12)17/h4-5,9-10,14-15,18H,3,6-8H2,1-2H3. The average Bonchev–Trinajstić information content (AvgIpc) is 2.80. The molecule has 0 aromatic heterocycles. The Balaban J connectivity index is 2.28. The minimum atomic E-state index is 0.254. The maximum absolute atomic E-state index is 5.98. The second kappa shape index (κ2) is 7.21. The highest BCUT2D eigenvalue weighted by Crippen LogP contribution is 2.35. The lowest BCUT2D eigenvalue weighted by Crippen LogP contribution is -2.35. The van der Waals surface area contributed by atoms with Gasteiger partial charge in [0.1, 0.15) is 0 Å². The van der Waals surface area contributed by atoms with Crippen molar-refractivity contribution < 1.29 is 4.74 Å². The van der Waals surface area contributed by atoms with Crippen LogP contribution < -0.4 is 5.32 Å². The van der Waals surface area contributed by atoms with Gasteiger partial charge in [0.2, 0.25) is 0 Å². The molecule has 1 heterocycles. The Morgan fingerprint density at radius 3 is 2.84 bits per heavy atom. The Kier molecular flexibility index (Phi) is 5.87. The molecule has 0 bridgehead atoms. The molecule has 2 rings (SSSR count). The number of halogens is 2. The molecule has 1 aromatic carbocycles. The number of hydrogen-bond donors (Lipinski definition) is 1. The van der Waals surface area contributed by atoms with E-state index in [1.165, 1.54) is 5.56 Å². The molecule has 106 valence electrons. The third-order valence-electron chi connectivity index (χ3n) is 3.68. The van der Waals surface area contributed by atoms with E-state index in [-0.39, 0.29) is 12.1 Å². The Labute approximate surface area is 132 Å². The van der Waals surface area contributed by atoms with Crippen LogP contribution in [0.25, 0.3) is 0 Å². The first-order valence-electron chi connectivity index (χ1n) is 6.93. The molecule has 1 fully saturated rings. The monoisotopic (exact) mass is 389 g/mol. The van der Waals surface area contributed by atoms with Crippen molar-refractivity contribution in [2.45, 2.75) is 38.8 Å². The maximum atomic E-state index is 5.98. The van der Waals surface area contributed by atoms with Crippen LogP contribution in [0.1, 0.15) is 38.3 Å². The fourth-order valence-corrected chi connectivity index (χ4v) is 3.47. The van der Waals surface area contributed by atoms with Crippen LogP contribution in [0, 0.1) is 5.92 Å². The molecule has 1 aromatic rings. The van der Waals surface area contributed by atoms with Gasteiger partial charge in [0.25, 0.3) is 0 Å². The summed E-state index contributed by atoms with van der Waals surface area (Å²) in [6.45, 7) is 6.36. The van der Waals surface area contributed by atoms with Gasteiger partial charge in [-0.1, -0.05) is 45.7 Å². The minimum Gasteiger partial charge on any atom is -0.376 e. The molecule has 0 amide bonds. The summed E-state index contributed by atoms with van der Waals surface area (Å²) in [5.74, 6) is 0.597. The predicted molar refractivity (Wildman–Crippen MR) is 86.4 cm³/mol. The minimum absolute atomic E-state index is 0.254. The largest absolute Gasteiger partial charge is 0.376 e. The molecule has 0 radical (unpaired) electrons. The fourth-order valence-electron chi connectivity index (χ4n) is 2.60. The van der Waals surface area contributed by atoms with E-state index >= 15 is 0 Å². The van der Waals surface area contributed by atoms with Crippen LogP contribution in [0.2, 0.25) is 0 Å². The average molecular weight is 391 g/mol. The summed E-state index contributed by atoms with van der Waals surface area (Å²) in [5.41, 5.74) is 1.28. The Morgan fingerprint density at radius 2 is 2.21 bits per heavy atom. The highest BCUT2D eigenvalue weighted by Gasteiger charge is 2.33. The molecule has 0 aliphatic carbocycles. The Morgan fingerprint density at radius 1 is 1.42 bits per heavy atom. The molecule has 3 unspecified atom stereocenters. The molecule has 1 aliphatic heterocycles. The van der Waals surface area contributed by atoms with E-state index in [9.17, 15) is 0 Å². The summed E-state index contributed by atoms with van der Waals surface area (Å²) in [6.07, 6.45) is 2.54. The summed E-state index contributed by atoms with van der Waals surface area (Å²) in [5, 5.41) is 3.65. The first-order chi connectivity index (χ1) is 9.13. The molecule has 0 spiro atoms. The lowest BCUT2D eigenvalue weighted by molar-refractivity contribution is 0.0605. The van der Waals surface area contributed by atoms with E-state index in [0.29, 0.717) is 5.92 Å². The Bertz CT molecular complexity index is 425. The van der Waals surface area contributed by atoms with Gasteiger partial charge >= 0.3 is 0 Å². The van der Waals surface area contributed by atoms with Crippen LogP contribution in [-0.4, -0.2) is 19.3 Å². The molecule has 1 N–H and O–H groups in total. The van der Waals surface area contributed by atoms with Crippen molar-refractivity contribution in [3.05, 3.63) is 32.7 Å². The number of ether oxygens (including phenoxy) is 1. The van der Waals surface area contributed by atoms with Crippen molar-refractivity contribution in [2.24, 2.45) is 5.92 Å². The lowest BCUT2D eigenvalue weighted by Gasteiger charge is -2.28. The highest BCUT2D eigenvalue weighted by molar-refractivity contribution is 9.11. The molecular weight excluding hydrogens is 370 g/mol. The van der Waals surface area contributed by atoms with Crippen molar-refractivity contribution in [2.75, 3.05) is 13.2 Å². The summed E-state index contributed by atoms with van der Waals surface area (Å²) in [6, 6.07) is 6.60. The first-order valence-corrected chi connectivity index (χ1v) is 8.52. The van der Waals surface area contributed by atoms with Gasteiger partial charge in [0.15, 0.2) is 0 Å². The van der Waals surface area contributed by atoms with E-state index < -0.39 is 0 Å². The molecule has 0 saturated carbocycles. The smallest absolute Gasteiger partial charge is 0.0796 e. The molecule has 4 heteroatoms. The van der Waals surface area contributed by atoms with E-state index in [0.717, 1.165) is 34.9 Å². The predicted octanol–water partition coefficient (Wildman–Crippen LogP) is 4.68. The van der Waals surface area contributed by atoms with E-state index in [1.54, 1.807) is 0 Å². The van der Waals surface area contributed by atoms with Crippen molar-refractivity contribution in [3.63, 3.8) is 0 Å². The van der Waals surface area contributed by atoms with Crippen molar-refractivity contribution in [1.82, 2.24) is 5.32 Å². The second-order valence-corrected chi connectivity index (χ2v) is 6.97. The van der Waals surface area contributed by atoms with Gasteiger partial charge in [-0.25, -0.2) is 0 Å². The van der Waals surface area contributed by atoms with Crippen LogP contribution in [0.3, 0.4) is 0 Å². The van der Waals surface area contributed by atoms with Gasteiger partial charge in [0.05, 0.1) is 12.1 Å². The van der Waals surface area contributed by atoms with Gasteiger partial charge < -0.3 is 10.1 Å². The fraction of sp³-hybridized carbons (Fsp3) is 0.600. The molecule has 19 heavy (non-hydrogen) atoms. The first kappa shape index (κ1) is 15.5. The second-order valence-electron chi connectivity index (χ2n) is 5.20. The van der Waals surface area contributed by atoms with Crippen LogP contribution >= 0.6 is 31.9 Å². The van der Waals surface area contributed by atoms with Gasteiger partial charge in [0, 0.05) is 15.6 Å². The maximum Gasteiger partial charge on any atom is 0.0796 e. The van der Waals surface area contributed by atoms with Crippen LogP contribution in [0.4, 0.5) is 0 Å². The van der Waals surface area contributed by atoms with Crippen molar-refractivity contribution >= 4 is 31.9 Å². The number of nitrogens with one attached hydrogen (secondary N) is 1. The van der Waals surface area contributed by atoms with Gasteiger partial charge in [-0.05, 0) is 49.1 Å². The quantitative estimate of drug-likeness (QED) is 0.788. The summed E-state index contributed by atoms with van der Waals surface area (Å²) in [7, 11) is 0. The zero-order valence-corrected chi connectivity index (χ0v) is 14.6. The number of rotatable bonds is 5. The lowest BCUT2D eigenvalue weighted by atomic mass is 9.92. The van der Waals surface area contributed by atoms with Gasteiger partial charge in [-0.3, -0.25) is 0 Å².